The van der Waals surface area contributed by atoms with E-state index in [-0.39, 0.29) is 0 Å². The first-order chi connectivity index (χ1) is 32.7. The molecule has 15 aromatic rings. The molecule has 0 aliphatic heterocycles. The van der Waals surface area contributed by atoms with Crippen LogP contribution in [0.1, 0.15) is 0 Å². The Balaban J connectivity index is 1.08. The summed E-state index contributed by atoms with van der Waals surface area (Å²) >= 11 is 1.77. The zero-order chi connectivity index (χ0) is 43.0. The van der Waals surface area contributed by atoms with Gasteiger partial charge < -0.3 is 13.4 Å². The lowest BCUT2D eigenvalue weighted by Crippen LogP contribution is -2.02. The van der Waals surface area contributed by atoms with Crippen molar-refractivity contribution in [1.82, 2.24) is 19.5 Å². The molecule has 0 saturated carbocycles. The maximum atomic E-state index is 7.05. The van der Waals surface area contributed by atoms with Crippen LogP contribution in [0.25, 0.3) is 147 Å². The molecule has 0 radical (unpaired) electrons. The fraction of sp³-hybridized carbons (Fsp3) is 0. The van der Waals surface area contributed by atoms with Crippen molar-refractivity contribution in [3.05, 3.63) is 194 Å². The van der Waals surface area contributed by atoms with Crippen LogP contribution in [-0.4, -0.2) is 19.5 Å². The molecule has 10 aromatic carbocycles. The molecule has 0 atom stereocenters. The van der Waals surface area contributed by atoms with E-state index in [4.69, 9.17) is 23.8 Å². The Labute approximate surface area is 379 Å². The number of para-hydroxylation sites is 3. The van der Waals surface area contributed by atoms with Crippen LogP contribution < -0.4 is 0 Å². The first-order valence-electron chi connectivity index (χ1n) is 22.1. The van der Waals surface area contributed by atoms with Gasteiger partial charge in [0.05, 0.1) is 22.3 Å². The molecule has 66 heavy (non-hydrogen) atoms. The molecule has 15 rings (SSSR count). The molecule has 0 aliphatic rings. The number of aromatic nitrogens is 4. The number of furan rings is 2. The normalized spacial score (nSPS) is 12.2. The fourth-order valence-electron chi connectivity index (χ4n) is 10.4. The van der Waals surface area contributed by atoms with E-state index in [2.05, 4.69) is 180 Å². The molecule has 0 N–H and O–H groups in total. The summed E-state index contributed by atoms with van der Waals surface area (Å²) < 4.78 is 18.4. The molecule has 0 unspecified atom stereocenters. The number of fused-ring (bicyclic) bond motifs is 15. The fourth-order valence-corrected chi connectivity index (χ4v) is 11.6. The van der Waals surface area contributed by atoms with Gasteiger partial charge in [-0.25, -0.2) is 15.0 Å². The van der Waals surface area contributed by atoms with E-state index in [0.717, 1.165) is 92.8 Å². The zero-order valence-electron chi connectivity index (χ0n) is 35.0. The smallest absolute Gasteiger partial charge is 0.167 e. The van der Waals surface area contributed by atoms with Gasteiger partial charge in [-0.15, -0.1) is 11.3 Å². The van der Waals surface area contributed by atoms with E-state index in [0.29, 0.717) is 17.5 Å². The van der Waals surface area contributed by atoms with Crippen molar-refractivity contribution < 1.29 is 8.83 Å². The lowest BCUT2D eigenvalue weighted by Gasteiger charge is -2.13. The quantitative estimate of drug-likeness (QED) is 0.176. The molecule has 5 aromatic heterocycles. The van der Waals surface area contributed by atoms with Gasteiger partial charge in [-0.3, -0.25) is 0 Å². The number of benzene rings is 10. The molecule has 0 spiro atoms. The second-order valence-corrected chi connectivity index (χ2v) is 18.1. The van der Waals surface area contributed by atoms with Gasteiger partial charge in [0.2, 0.25) is 0 Å². The predicted octanol–water partition coefficient (Wildman–Crippen LogP) is 16.4. The molecule has 0 saturated heterocycles. The van der Waals surface area contributed by atoms with Gasteiger partial charge in [0.1, 0.15) is 16.7 Å². The Morgan fingerprint density at radius 1 is 0.379 bits per heavy atom. The monoisotopic (exact) mass is 860 g/mol. The Bertz CT molecular complexity index is 4420. The molecule has 7 heteroatoms. The molecular formula is C59H32N4O2S. The van der Waals surface area contributed by atoms with E-state index in [1.165, 1.54) is 37.0 Å². The van der Waals surface area contributed by atoms with Gasteiger partial charge in [-0.05, 0) is 82.2 Å². The first kappa shape index (κ1) is 35.8. The minimum Gasteiger partial charge on any atom is -0.455 e. The SMILES string of the molecule is c1ccc2cc3c(cc2c1)c1ccccc1n3-c1cc(-c2nc(-c3cccc4c3oc3ccccc34)nc(-c3cccc4c3sc3ccccc34)n2)cc2c1oc1ccc3ccccc3c12. The first-order valence-corrected chi connectivity index (χ1v) is 22.9. The van der Waals surface area contributed by atoms with Gasteiger partial charge in [0, 0.05) is 63.6 Å². The number of rotatable bonds is 4. The average molecular weight is 861 g/mol. The highest BCUT2D eigenvalue weighted by Gasteiger charge is 2.24. The van der Waals surface area contributed by atoms with Gasteiger partial charge in [-0.2, -0.15) is 0 Å². The van der Waals surface area contributed by atoms with Gasteiger partial charge in [-0.1, -0.05) is 133 Å². The minimum absolute atomic E-state index is 0.533. The third kappa shape index (κ3) is 5.08. The van der Waals surface area contributed by atoms with Crippen molar-refractivity contribution in [3.63, 3.8) is 0 Å². The predicted molar refractivity (Wildman–Crippen MR) is 273 cm³/mol. The second kappa shape index (κ2) is 13.4. The van der Waals surface area contributed by atoms with Crippen LogP contribution in [0.3, 0.4) is 0 Å². The van der Waals surface area contributed by atoms with Crippen molar-refractivity contribution in [2.75, 3.05) is 0 Å². The summed E-state index contributed by atoms with van der Waals surface area (Å²) in [6.45, 7) is 0. The van der Waals surface area contributed by atoms with Crippen molar-refractivity contribution in [2.45, 2.75) is 0 Å². The van der Waals surface area contributed by atoms with E-state index in [9.17, 15) is 0 Å². The van der Waals surface area contributed by atoms with Gasteiger partial charge >= 0.3 is 0 Å². The molecule has 0 bridgehead atoms. The molecule has 0 fully saturated rings. The lowest BCUT2D eigenvalue weighted by molar-refractivity contribution is 0.666. The third-order valence-electron chi connectivity index (χ3n) is 13.4. The van der Waals surface area contributed by atoms with E-state index in [1.54, 1.807) is 11.3 Å². The summed E-state index contributed by atoms with van der Waals surface area (Å²) in [6, 6.07) is 68.4. The molecule has 0 aliphatic carbocycles. The minimum atomic E-state index is 0.533. The summed E-state index contributed by atoms with van der Waals surface area (Å²) in [5.74, 6) is 1.67. The maximum absolute atomic E-state index is 7.05. The van der Waals surface area contributed by atoms with Crippen LogP contribution in [0.4, 0.5) is 0 Å². The second-order valence-electron chi connectivity index (χ2n) is 17.1. The highest BCUT2D eigenvalue weighted by atomic mass is 32.1. The van der Waals surface area contributed by atoms with Crippen molar-refractivity contribution in [2.24, 2.45) is 0 Å². The number of hydrogen-bond acceptors (Lipinski definition) is 6. The van der Waals surface area contributed by atoms with Crippen molar-refractivity contribution in [1.29, 1.82) is 0 Å². The maximum Gasteiger partial charge on any atom is 0.167 e. The van der Waals surface area contributed by atoms with Crippen LogP contribution in [0.5, 0.6) is 0 Å². The summed E-state index contributed by atoms with van der Waals surface area (Å²) in [4.78, 5) is 16.3. The number of thiophene rings is 1. The average Bonchev–Trinajstić information content (AvgIpc) is 4.14. The Kier molecular flexibility index (Phi) is 7.28. The standard InChI is InChI=1S/C59H32N4O2S/c1-2-15-35-31-48-45(29-34(35)14-1)38-17-5-8-24-47(38)63(48)49-32-36(30-46-53-37-16-4-3-13-33(37)27-28-51(53)65-55(46)49)57-60-58(43-22-11-20-41-39-18-6-9-25-50(39)64-54(41)43)62-59(61-57)44-23-12-21-42-40-19-7-10-26-52(40)66-56(42)44/h1-32H. The molecular weight excluding hydrogens is 829 g/mol. The number of hydrogen-bond donors (Lipinski definition) is 0. The van der Waals surface area contributed by atoms with Crippen molar-refractivity contribution >= 4 is 119 Å². The highest BCUT2D eigenvalue weighted by molar-refractivity contribution is 7.26. The van der Waals surface area contributed by atoms with Crippen LogP contribution in [-0.2, 0) is 0 Å². The van der Waals surface area contributed by atoms with Crippen molar-refractivity contribution in [3.8, 4) is 39.9 Å². The van der Waals surface area contributed by atoms with E-state index in [1.807, 2.05) is 18.2 Å². The van der Waals surface area contributed by atoms with Gasteiger partial charge in [0.15, 0.2) is 23.1 Å². The highest BCUT2D eigenvalue weighted by Crippen LogP contribution is 2.45. The Morgan fingerprint density at radius 3 is 1.91 bits per heavy atom. The lowest BCUT2D eigenvalue weighted by atomic mass is 10.0. The largest absolute Gasteiger partial charge is 0.455 e. The van der Waals surface area contributed by atoms with Gasteiger partial charge in [0.25, 0.3) is 0 Å². The summed E-state index contributed by atoms with van der Waals surface area (Å²) in [6.07, 6.45) is 0. The molecule has 306 valence electrons. The topological polar surface area (TPSA) is 69.9 Å². The van der Waals surface area contributed by atoms with E-state index >= 15 is 0 Å². The molecule has 6 nitrogen and oxygen atoms in total. The zero-order valence-corrected chi connectivity index (χ0v) is 35.8. The Hall–Kier alpha value is -8.65. The third-order valence-corrected chi connectivity index (χ3v) is 14.6. The number of nitrogens with zero attached hydrogens (tertiary/aromatic N) is 4. The summed E-state index contributed by atoms with van der Waals surface area (Å²) in [5.41, 5.74) is 8.82. The Morgan fingerprint density at radius 2 is 1.03 bits per heavy atom. The van der Waals surface area contributed by atoms with E-state index < -0.39 is 0 Å². The summed E-state index contributed by atoms with van der Waals surface area (Å²) in [7, 11) is 0. The van der Waals surface area contributed by atoms with Crippen LogP contribution in [0.2, 0.25) is 0 Å². The van der Waals surface area contributed by atoms with Crippen LogP contribution in [0, 0.1) is 0 Å². The molecule has 5 heterocycles. The van der Waals surface area contributed by atoms with Crippen LogP contribution in [0.15, 0.2) is 203 Å². The summed E-state index contributed by atoms with van der Waals surface area (Å²) in [5, 5.41) is 13.4. The molecule has 0 amide bonds. The van der Waals surface area contributed by atoms with Crippen LogP contribution >= 0.6 is 11.3 Å².